The predicted molar refractivity (Wildman–Crippen MR) is 283 cm³/mol. The summed E-state index contributed by atoms with van der Waals surface area (Å²) < 4.78 is 58.5. The van der Waals surface area contributed by atoms with Crippen LogP contribution in [0.25, 0.3) is 0 Å². The lowest BCUT2D eigenvalue weighted by atomic mass is 9.77. The SMILES string of the molecule is COCCSc1ccc([C@@H](OC)[C@@H](CF)n2cc(CCN(C)[C@H]3C[C@@H](C)O[C@@H](O[C@@H]4[C@@H](C)[C@H](O[C@H]5CC(C)(C)[C@@H](O)[C@H](C)O5)[C@@H](C)C(=O)O[C@H](I)[C@@](C)(O)[C@H](O)[C@@H](C)N(C)C[C@H](C)C[C@@]4(C)O)[C@@H]3O)nn2)cc1. The minimum atomic E-state index is -1.86. The Kier molecular flexibility index (Phi) is 22.8. The normalized spacial score (nSPS) is 38.3. The van der Waals surface area contributed by atoms with E-state index in [1.165, 1.54) is 11.6 Å². The first-order valence-corrected chi connectivity index (χ1v) is 28.0. The molecule has 3 fully saturated rings. The van der Waals surface area contributed by atoms with Crippen LogP contribution in [0.5, 0.6) is 0 Å². The predicted octanol–water partition coefficient (Wildman–Crippen LogP) is 5.35. The molecule has 2 aromatic rings. The van der Waals surface area contributed by atoms with Crippen LogP contribution in [0, 0.1) is 23.2 Å². The number of thioether (sulfide) groups is 1. The third-order valence-corrected chi connectivity index (χ3v) is 18.0. The molecule has 21 heteroatoms. The van der Waals surface area contributed by atoms with Crippen LogP contribution in [0.1, 0.15) is 112 Å². The number of aliphatic hydroxyl groups excluding tert-OH is 3. The molecule has 0 spiro atoms. The van der Waals surface area contributed by atoms with Crippen molar-refractivity contribution >= 4 is 40.3 Å². The summed E-state index contributed by atoms with van der Waals surface area (Å²) >= 11 is 3.50. The Balaban J connectivity index is 1.40. The minimum absolute atomic E-state index is 0.180. The Morgan fingerprint density at radius 1 is 0.986 bits per heavy atom. The molecule has 5 rings (SSSR count). The lowest BCUT2D eigenvalue weighted by molar-refractivity contribution is -0.312. The smallest absolute Gasteiger partial charge is 0.312 e. The number of methoxy groups -OCH3 is 2. The number of hydrogen-bond acceptors (Lipinski definition) is 18. The van der Waals surface area contributed by atoms with Crippen LogP contribution in [0.15, 0.2) is 35.4 Å². The van der Waals surface area contributed by atoms with Crippen molar-refractivity contribution in [1.82, 2.24) is 24.8 Å². The first-order valence-electron chi connectivity index (χ1n) is 25.7. The fraction of sp³-hybridized carbons (Fsp3) is 0.827. The van der Waals surface area contributed by atoms with E-state index in [2.05, 4.69) is 10.3 Å². The lowest BCUT2D eigenvalue weighted by Gasteiger charge is -2.48. The van der Waals surface area contributed by atoms with E-state index < -0.39 is 119 Å². The van der Waals surface area contributed by atoms with Crippen molar-refractivity contribution in [2.24, 2.45) is 23.2 Å². The van der Waals surface area contributed by atoms with Gasteiger partial charge in [-0.15, -0.1) is 16.9 Å². The van der Waals surface area contributed by atoms with Crippen LogP contribution < -0.4 is 0 Å². The summed E-state index contributed by atoms with van der Waals surface area (Å²) in [5.74, 6) is -1.96. The number of rotatable bonds is 17. The maximum atomic E-state index is 14.8. The van der Waals surface area contributed by atoms with Gasteiger partial charge in [-0.25, -0.2) is 9.07 Å². The number of carbonyl (C=O) groups is 1. The molecule has 0 radical (unpaired) electrons. The third kappa shape index (κ3) is 15.5. The number of hydrogen-bond donors (Lipinski definition) is 5. The van der Waals surface area contributed by atoms with Crippen LogP contribution in [-0.4, -0.2) is 199 Å². The van der Waals surface area contributed by atoms with Crippen LogP contribution in [0.3, 0.4) is 0 Å². The lowest BCUT2D eigenvalue weighted by Crippen LogP contribution is -2.60. The van der Waals surface area contributed by atoms with Crippen molar-refractivity contribution in [3.63, 3.8) is 0 Å². The summed E-state index contributed by atoms with van der Waals surface area (Å²) in [5, 5.41) is 68.0. The average Bonchev–Trinajstić information content (AvgIpc) is 3.80. The molecule has 19 atom stereocenters. The molecule has 18 nitrogen and oxygen atoms in total. The van der Waals surface area contributed by atoms with E-state index in [-0.39, 0.29) is 24.9 Å². The highest BCUT2D eigenvalue weighted by molar-refractivity contribution is 14.1. The van der Waals surface area contributed by atoms with Gasteiger partial charge in [-0.1, -0.05) is 45.0 Å². The number of aromatic nitrogens is 3. The standard InChI is InChI=1S/C52H87FIN5O13S/c1-29-24-51(9,64)46(31(3)42(70-40-25-50(7,8)45(62)34(6)69-40)32(4)47(63)72-49(54)52(10,65)44(61)33(5)58(12)27-29)71-48-41(60)38(23-30(2)68-48)57(11)20-19-36-28-59(56-55-36)39(26-53)43(67-14)35-15-17-37(18-16-35)73-22-21-66-13/h15-18,28-34,38-46,48-49,60-62,64-65H,19-27H2,1-14H3/t29-,30-,31+,32-,33-,34+,38+,39-,40+,41-,42+,43-,44-,45+,46-,48+,49+,51-,52+/m1/s1. The number of benzene rings is 1. The van der Waals surface area contributed by atoms with E-state index in [0.29, 0.717) is 38.2 Å². The van der Waals surface area contributed by atoms with E-state index >= 15 is 0 Å². The van der Waals surface area contributed by atoms with Crippen LogP contribution in [0.4, 0.5) is 4.39 Å². The van der Waals surface area contributed by atoms with E-state index in [4.69, 9.17) is 33.2 Å². The third-order valence-electron chi connectivity index (χ3n) is 15.5. The summed E-state index contributed by atoms with van der Waals surface area (Å²) in [6, 6.07) is 6.02. The summed E-state index contributed by atoms with van der Waals surface area (Å²) in [5.41, 5.74) is -2.67. The molecular formula is C52H87FIN5O13S. The number of cyclic esters (lactones) is 1. The second-order valence-corrected chi connectivity index (χ2v) is 24.6. The van der Waals surface area contributed by atoms with Crippen LogP contribution in [-0.2, 0) is 44.4 Å². The molecular weight excluding hydrogens is 1080 g/mol. The van der Waals surface area contributed by atoms with Crippen molar-refractivity contribution in [3.8, 4) is 0 Å². The van der Waals surface area contributed by atoms with Gasteiger partial charge >= 0.3 is 5.97 Å². The van der Waals surface area contributed by atoms with Crippen LogP contribution in [0.2, 0.25) is 0 Å². The maximum absolute atomic E-state index is 14.8. The molecule has 0 amide bonds. The molecule has 1 aromatic carbocycles. The van der Waals surface area contributed by atoms with Gasteiger partial charge in [0.1, 0.15) is 36.6 Å². The van der Waals surface area contributed by atoms with E-state index in [9.17, 15) is 34.7 Å². The zero-order chi connectivity index (χ0) is 54.3. The molecule has 0 unspecified atom stereocenters. The first-order chi connectivity index (χ1) is 34.2. The number of halogens is 2. The van der Waals surface area contributed by atoms with Crippen molar-refractivity contribution < 1.29 is 67.9 Å². The molecule has 3 aliphatic rings. The fourth-order valence-electron chi connectivity index (χ4n) is 11.0. The van der Waals surface area contributed by atoms with Gasteiger partial charge in [0.2, 0.25) is 0 Å². The van der Waals surface area contributed by atoms with Crippen molar-refractivity contribution in [2.75, 3.05) is 60.4 Å². The van der Waals surface area contributed by atoms with Gasteiger partial charge in [0.15, 0.2) is 16.7 Å². The second-order valence-electron chi connectivity index (χ2n) is 22.3. The molecule has 4 heterocycles. The number of ether oxygens (including phenoxy) is 7. The van der Waals surface area contributed by atoms with Gasteiger partial charge < -0.3 is 68.5 Å². The van der Waals surface area contributed by atoms with Gasteiger partial charge in [0, 0.05) is 75.0 Å². The number of nitrogens with zero attached hydrogens (tertiary/aromatic N) is 5. The largest absolute Gasteiger partial charge is 0.448 e. The summed E-state index contributed by atoms with van der Waals surface area (Å²) in [6.07, 6.45) is -6.17. The highest BCUT2D eigenvalue weighted by Gasteiger charge is 2.52. The van der Waals surface area contributed by atoms with E-state index in [1.54, 1.807) is 59.9 Å². The number of carbonyl (C=O) groups excluding carboxylic acids is 1. The maximum Gasteiger partial charge on any atom is 0.312 e. The summed E-state index contributed by atoms with van der Waals surface area (Å²) in [4.78, 5) is 19.3. The molecule has 73 heavy (non-hydrogen) atoms. The molecule has 3 aliphatic heterocycles. The van der Waals surface area contributed by atoms with Crippen molar-refractivity contribution in [1.29, 1.82) is 0 Å². The Hall–Kier alpha value is -1.68. The Bertz CT molecular complexity index is 2010. The van der Waals surface area contributed by atoms with Crippen molar-refractivity contribution in [2.45, 2.75) is 195 Å². The molecule has 0 bridgehead atoms. The van der Waals surface area contributed by atoms with E-state index in [1.807, 2.05) is 105 Å². The molecule has 0 saturated carbocycles. The topological polar surface area (TPSA) is 220 Å². The number of aliphatic hydroxyl groups is 5. The minimum Gasteiger partial charge on any atom is -0.448 e. The van der Waals surface area contributed by atoms with Crippen molar-refractivity contribution in [3.05, 3.63) is 41.7 Å². The Morgan fingerprint density at radius 3 is 2.27 bits per heavy atom. The Morgan fingerprint density at radius 2 is 1.66 bits per heavy atom. The molecule has 5 N–H and O–H groups in total. The highest BCUT2D eigenvalue weighted by atomic mass is 127. The summed E-state index contributed by atoms with van der Waals surface area (Å²) in [6.45, 7) is 18.6. The van der Waals surface area contributed by atoms with Gasteiger partial charge in [-0.2, -0.15) is 0 Å². The molecule has 418 valence electrons. The monoisotopic (exact) mass is 1170 g/mol. The highest BCUT2D eigenvalue weighted by Crippen LogP contribution is 2.42. The van der Waals surface area contributed by atoms with Gasteiger partial charge in [0.05, 0.1) is 54.3 Å². The quantitative estimate of drug-likeness (QED) is 0.0444. The fourth-order valence-corrected chi connectivity index (χ4v) is 12.4. The van der Waals surface area contributed by atoms with Gasteiger partial charge in [-0.3, -0.25) is 4.79 Å². The van der Waals surface area contributed by atoms with Gasteiger partial charge in [0.25, 0.3) is 0 Å². The number of esters is 1. The van der Waals surface area contributed by atoms with Crippen LogP contribution >= 0.6 is 34.4 Å². The second kappa shape index (κ2) is 26.8. The van der Waals surface area contributed by atoms with E-state index in [0.717, 1.165) is 16.2 Å². The number of alkyl halides is 2. The molecule has 3 saturated heterocycles. The average molecular weight is 1170 g/mol. The van der Waals surface area contributed by atoms with Gasteiger partial charge in [-0.05, 0) is 120 Å². The molecule has 1 aromatic heterocycles. The Labute approximate surface area is 450 Å². The zero-order valence-corrected chi connectivity index (χ0v) is 48.4. The summed E-state index contributed by atoms with van der Waals surface area (Å²) in [7, 11) is 6.94. The first kappa shape index (κ1) is 62.2. The number of likely N-dealkylation sites (N-methyl/N-ethyl adjacent to an activating group) is 2. The molecule has 0 aliphatic carbocycles. The zero-order valence-electron chi connectivity index (χ0n) is 45.5.